The van der Waals surface area contributed by atoms with Crippen molar-refractivity contribution in [1.29, 1.82) is 5.26 Å². The first-order valence-electron chi connectivity index (χ1n) is 9.28. The smallest absolute Gasteiger partial charge is 0.271 e. The maximum Gasteiger partial charge on any atom is 0.271 e. The number of hydrogen-bond acceptors (Lipinski definition) is 6. The minimum absolute atomic E-state index is 0.0178. The zero-order valence-electron chi connectivity index (χ0n) is 15.5. The lowest BCUT2D eigenvalue weighted by molar-refractivity contribution is -0.384. The number of carbonyl (C=O) groups is 1. The van der Waals surface area contributed by atoms with Crippen LogP contribution in [0.1, 0.15) is 30.7 Å². The van der Waals surface area contributed by atoms with E-state index in [4.69, 9.17) is 5.73 Å². The van der Waals surface area contributed by atoms with E-state index in [0.717, 1.165) is 5.56 Å². The first kappa shape index (κ1) is 18.4. The number of nitro benzene ring substituents is 1. The number of nitrogens with zero attached hydrogens (tertiary/aromatic N) is 3. The molecule has 1 heterocycles. The molecule has 144 valence electrons. The second-order valence-electron chi connectivity index (χ2n) is 7.00. The lowest BCUT2D eigenvalue weighted by atomic mass is 9.75. The molecule has 4 rings (SSSR count). The van der Waals surface area contributed by atoms with Crippen molar-refractivity contribution < 1.29 is 9.72 Å². The van der Waals surface area contributed by atoms with Gasteiger partial charge in [-0.05, 0) is 24.5 Å². The number of nitro groups is 1. The normalized spacial score (nSPS) is 19.1. The van der Waals surface area contributed by atoms with Crippen LogP contribution in [0.3, 0.4) is 0 Å². The lowest BCUT2D eigenvalue weighted by Crippen LogP contribution is -2.38. The molecule has 2 N–H and O–H groups in total. The summed E-state index contributed by atoms with van der Waals surface area (Å²) in [6.45, 7) is 0. The summed E-state index contributed by atoms with van der Waals surface area (Å²) in [4.78, 5) is 25.4. The van der Waals surface area contributed by atoms with E-state index >= 15 is 0 Å². The van der Waals surface area contributed by atoms with E-state index in [2.05, 4.69) is 6.07 Å². The Morgan fingerprint density at radius 3 is 2.59 bits per heavy atom. The molecular formula is C22H18N4O3. The van der Waals surface area contributed by atoms with Crippen LogP contribution in [0.5, 0.6) is 0 Å². The highest BCUT2D eigenvalue weighted by molar-refractivity contribution is 6.01. The molecular weight excluding hydrogens is 368 g/mol. The molecule has 0 radical (unpaired) electrons. The maximum atomic E-state index is 13.0. The van der Waals surface area contributed by atoms with Gasteiger partial charge in [-0.1, -0.05) is 36.4 Å². The zero-order chi connectivity index (χ0) is 20.5. The van der Waals surface area contributed by atoms with Gasteiger partial charge < -0.3 is 5.73 Å². The van der Waals surface area contributed by atoms with Crippen molar-refractivity contribution in [2.24, 2.45) is 5.73 Å². The van der Waals surface area contributed by atoms with Crippen molar-refractivity contribution in [2.75, 3.05) is 4.90 Å². The molecule has 1 aliphatic heterocycles. The summed E-state index contributed by atoms with van der Waals surface area (Å²) in [5.74, 6) is -0.343. The molecule has 0 fully saturated rings. The summed E-state index contributed by atoms with van der Waals surface area (Å²) in [7, 11) is 0. The Balaban J connectivity index is 1.96. The van der Waals surface area contributed by atoms with Crippen molar-refractivity contribution in [1.82, 2.24) is 0 Å². The fourth-order valence-corrected chi connectivity index (χ4v) is 4.11. The molecule has 0 saturated carbocycles. The van der Waals surface area contributed by atoms with E-state index in [1.54, 1.807) is 17.0 Å². The van der Waals surface area contributed by atoms with Crippen LogP contribution in [-0.4, -0.2) is 10.7 Å². The molecule has 0 aromatic heterocycles. The van der Waals surface area contributed by atoms with Gasteiger partial charge in [0.15, 0.2) is 5.78 Å². The number of benzene rings is 2. The van der Waals surface area contributed by atoms with Crippen LogP contribution < -0.4 is 10.6 Å². The lowest BCUT2D eigenvalue weighted by Gasteiger charge is -2.39. The minimum atomic E-state index is -0.529. The van der Waals surface area contributed by atoms with Gasteiger partial charge in [-0.2, -0.15) is 5.26 Å². The van der Waals surface area contributed by atoms with Crippen LogP contribution in [0.15, 0.2) is 77.3 Å². The molecule has 1 unspecified atom stereocenters. The minimum Gasteiger partial charge on any atom is -0.384 e. The number of hydrogen-bond donors (Lipinski definition) is 1. The van der Waals surface area contributed by atoms with E-state index in [9.17, 15) is 20.2 Å². The fraction of sp³-hybridized carbons (Fsp3) is 0.182. The van der Waals surface area contributed by atoms with Crippen molar-refractivity contribution in [3.8, 4) is 6.07 Å². The Morgan fingerprint density at radius 1 is 1.14 bits per heavy atom. The molecule has 7 heteroatoms. The van der Waals surface area contributed by atoms with Crippen LogP contribution >= 0.6 is 0 Å². The number of nitrogens with two attached hydrogens (primary N) is 1. The second kappa shape index (κ2) is 7.24. The number of non-ortho nitro benzene ring substituents is 1. The van der Waals surface area contributed by atoms with Crippen molar-refractivity contribution in [3.63, 3.8) is 0 Å². The number of allylic oxidation sites excluding steroid dienone is 3. The van der Waals surface area contributed by atoms with Gasteiger partial charge in [-0.3, -0.25) is 19.8 Å². The SMILES string of the molecule is N#CC1=C(N)N(c2cccc([N+](=O)[O-])c2)C2=C(C(=O)CCC2)C1c1ccccc1. The highest BCUT2D eigenvalue weighted by atomic mass is 16.6. The Bertz CT molecular complexity index is 1110. The van der Waals surface area contributed by atoms with Gasteiger partial charge in [0.1, 0.15) is 5.82 Å². The Kier molecular flexibility index (Phi) is 4.61. The predicted octanol–water partition coefficient (Wildman–Crippen LogP) is 3.90. The van der Waals surface area contributed by atoms with Gasteiger partial charge >= 0.3 is 0 Å². The fourth-order valence-electron chi connectivity index (χ4n) is 4.11. The van der Waals surface area contributed by atoms with E-state index in [-0.39, 0.29) is 22.9 Å². The summed E-state index contributed by atoms with van der Waals surface area (Å²) >= 11 is 0. The predicted molar refractivity (Wildman–Crippen MR) is 107 cm³/mol. The topological polar surface area (TPSA) is 113 Å². The quantitative estimate of drug-likeness (QED) is 0.632. The summed E-state index contributed by atoms with van der Waals surface area (Å²) in [6.07, 6.45) is 1.68. The third kappa shape index (κ3) is 3.05. The third-order valence-electron chi connectivity index (χ3n) is 5.34. The number of anilines is 1. The number of rotatable bonds is 3. The molecule has 2 aliphatic rings. The molecule has 1 atom stereocenters. The van der Waals surface area contributed by atoms with Crippen LogP contribution in [-0.2, 0) is 4.79 Å². The first-order chi connectivity index (χ1) is 14.0. The van der Waals surface area contributed by atoms with Crippen molar-refractivity contribution >= 4 is 17.2 Å². The van der Waals surface area contributed by atoms with Crippen LogP contribution in [0.25, 0.3) is 0 Å². The summed E-state index contributed by atoms with van der Waals surface area (Å²) in [6, 6.07) is 17.6. The van der Waals surface area contributed by atoms with E-state index in [1.165, 1.54) is 12.1 Å². The van der Waals surface area contributed by atoms with Gasteiger partial charge in [0.25, 0.3) is 5.69 Å². The standard InChI is InChI=1S/C22H18N4O3/c23-13-17-20(14-6-2-1-3-7-14)21-18(10-5-11-19(21)27)25(22(17)24)15-8-4-9-16(12-15)26(28)29/h1-4,6-9,12,20H,5,10-11,24H2. The molecule has 29 heavy (non-hydrogen) atoms. The van der Waals surface area contributed by atoms with Crippen LogP contribution in [0.2, 0.25) is 0 Å². The Labute approximate surface area is 167 Å². The largest absolute Gasteiger partial charge is 0.384 e. The van der Waals surface area contributed by atoms with Crippen LogP contribution in [0, 0.1) is 21.4 Å². The van der Waals surface area contributed by atoms with Gasteiger partial charge in [0.2, 0.25) is 0 Å². The Hall–Kier alpha value is -3.92. The van der Waals surface area contributed by atoms with Gasteiger partial charge in [-0.25, -0.2) is 0 Å². The summed E-state index contributed by atoms with van der Waals surface area (Å²) < 4.78 is 0. The monoisotopic (exact) mass is 386 g/mol. The number of carbonyl (C=O) groups excluding carboxylic acids is 1. The van der Waals surface area contributed by atoms with E-state index in [0.29, 0.717) is 36.2 Å². The second-order valence-corrected chi connectivity index (χ2v) is 7.00. The highest BCUT2D eigenvalue weighted by Gasteiger charge is 2.40. The number of Topliss-reactive ketones (excluding diaryl/α,β-unsaturated/α-hetero) is 1. The van der Waals surface area contributed by atoms with Crippen LogP contribution in [0.4, 0.5) is 11.4 Å². The molecule has 2 aromatic rings. The average molecular weight is 386 g/mol. The molecule has 1 aliphatic carbocycles. The van der Waals surface area contributed by atoms with Gasteiger partial charge in [0, 0.05) is 29.8 Å². The Morgan fingerprint density at radius 2 is 1.90 bits per heavy atom. The maximum absolute atomic E-state index is 13.0. The van der Waals surface area contributed by atoms with Gasteiger partial charge in [0.05, 0.1) is 28.2 Å². The van der Waals surface area contributed by atoms with E-state index in [1.807, 2.05) is 30.3 Å². The third-order valence-corrected chi connectivity index (χ3v) is 5.34. The van der Waals surface area contributed by atoms with Crippen molar-refractivity contribution in [2.45, 2.75) is 25.2 Å². The molecule has 0 spiro atoms. The van der Waals surface area contributed by atoms with Crippen molar-refractivity contribution in [3.05, 3.63) is 92.9 Å². The summed E-state index contributed by atoms with van der Waals surface area (Å²) in [5, 5.41) is 21.2. The highest BCUT2D eigenvalue weighted by Crippen LogP contribution is 2.46. The molecule has 0 amide bonds. The number of nitriles is 1. The molecule has 2 aromatic carbocycles. The average Bonchev–Trinajstić information content (AvgIpc) is 2.73. The summed E-state index contributed by atoms with van der Waals surface area (Å²) in [5.41, 5.74) is 9.20. The first-order valence-corrected chi connectivity index (χ1v) is 9.28. The van der Waals surface area contributed by atoms with Gasteiger partial charge in [-0.15, -0.1) is 0 Å². The molecule has 7 nitrogen and oxygen atoms in total. The van der Waals surface area contributed by atoms with E-state index < -0.39 is 10.8 Å². The molecule has 0 bridgehead atoms. The zero-order valence-corrected chi connectivity index (χ0v) is 15.5. The number of ketones is 1. The molecule has 0 saturated heterocycles.